The third kappa shape index (κ3) is 2.02. The predicted molar refractivity (Wildman–Crippen MR) is 73.1 cm³/mol. The molecular weight excluding hydrogens is 265 g/mol. The highest BCUT2D eigenvalue weighted by molar-refractivity contribution is 6.35. The summed E-state index contributed by atoms with van der Waals surface area (Å²) in [6.45, 7) is 0. The first kappa shape index (κ1) is 11.9. The summed E-state index contributed by atoms with van der Waals surface area (Å²) in [6, 6.07) is 11.1. The molecule has 4 heteroatoms. The molecule has 0 fully saturated rings. The molecule has 1 aromatic heterocycles. The Morgan fingerprint density at radius 3 is 2.68 bits per heavy atom. The maximum atomic E-state index is 13.3. The zero-order chi connectivity index (χ0) is 13.4. The van der Waals surface area contributed by atoms with Crippen LogP contribution in [-0.4, -0.2) is 10.8 Å². The van der Waals surface area contributed by atoms with Crippen LogP contribution in [0, 0.1) is 5.82 Å². The molecule has 19 heavy (non-hydrogen) atoms. The molecule has 0 spiro atoms. The number of rotatable bonds is 2. The molecule has 3 rings (SSSR count). The van der Waals surface area contributed by atoms with Crippen LogP contribution in [0.4, 0.5) is 4.39 Å². The van der Waals surface area contributed by atoms with E-state index >= 15 is 0 Å². The van der Waals surface area contributed by atoms with E-state index in [-0.39, 0.29) is 11.6 Å². The topological polar surface area (TPSA) is 32.9 Å². The summed E-state index contributed by atoms with van der Waals surface area (Å²) < 4.78 is 13.3. The van der Waals surface area contributed by atoms with Gasteiger partial charge in [0.1, 0.15) is 5.82 Å². The van der Waals surface area contributed by atoms with E-state index < -0.39 is 0 Å². The van der Waals surface area contributed by atoms with Crippen LogP contribution in [0.15, 0.2) is 48.7 Å². The number of aromatic nitrogens is 1. The van der Waals surface area contributed by atoms with Crippen molar-refractivity contribution in [3.05, 3.63) is 70.6 Å². The number of carbonyl (C=O) groups is 1. The van der Waals surface area contributed by atoms with Gasteiger partial charge in [0.2, 0.25) is 0 Å². The molecule has 1 N–H and O–H groups in total. The minimum atomic E-state index is -0.375. The van der Waals surface area contributed by atoms with Gasteiger partial charge in [-0.1, -0.05) is 23.7 Å². The molecule has 0 amide bonds. The predicted octanol–water partition coefficient (Wildman–Crippen LogP) is 4.19. The molecule has 0 atom stereocenters. The van der Waals surface area contributed by atoms with Gasteiger partial charge in [-0.3, -0.25) is 4.79 Å². The maximum absolute atomic E-state index is 13.3. The van der Waals surface area contributed by atoms with Gasteiger partial charge in [0.05, 0.1) is 5.02 Å². The van der Waals surface area contributed by atoms with Crippen molar-refractivity contribution in [2.45, 2.75) is 0 Å². The summed E-state index contributed by atoms with van der Waals surface area (Å²) in [7, 11) is 0. The average molecular weight is 274 g/mol. The van der Waals surface area contributed by atoms with Gasteiger partial charge >= 0.3 is 0 Å². The summed E-state index contributed by atoms with van der Waals surface area (Å²) in [5.41, 5.74) is 1.55. The quantitative estimate of drug-likeness (QED) is 0.698. The molecule has 2 aromatic carbocycles. The molecule has 0 saturated carbocycles. The molecule has 0 radical (unpaired) electrons. The number of hydrogen-bond donors (Lipinski definition) is 1. The molecule has 1 heterocycles. The number of ketones is 1. The van der Waals surface area contributed by atoms with Gasteiger partial charge in [-0.25, -0.2) is 4.39 Å². The van der Waals surface area contributed by atoms with Gasteiger partial charge in [0.25, 0.3) is 0 Å². The number of nitrogens with one attached hydrogen (secondary N) is 1. The van der Waals surface area contributed by atoms with Crippen molar-refractivity contribution in [3.63, 3.8) is 0 Å². The molecule has 0 saturated heterocycles. The van der Waals surface area contributed by atoms with Crippen molar-refractivity contribution < 1.29 is 9.18 Å². The second-order valence-electron chi connectivity index (χ2n) is 4.20. The Kier molecular flexibility index (Phi) is 2.84. The minimum absolute atomic E-state index is 0.220. The van der Waals surface area contributed by atoms with E-state index in [2.05, 4.69) is 4.98 Å². The fourth-order valence-electron chi connectivity index (χ4n) is 2.07. The van der Waals surface area contributed by atoms with Gasteiger partial charge in [0, 0.05) is 28.2 Å². The van der Waals surface area contributed by atoms with Gasteiger partial charge < -0.3 is 4.98 Å². The van der Waals surface area contributed by atoms with Crippen LogP contribution < -0.4 is 0 Å². The Hall–Kier alpha value is -2.13. The summed E-state index contributed by atoms with van der Waals surface area (Å²) in [4.78, 5) is 15.4. The van der Waals surface area contributed by atoms with Crippen molar-refractivity contribution in [3.8, 4) is 0 Å². The average Bonchev–Trinajstić information content (AvgIpc) is 2.81. The molecule has 2 nitrogen and oxygen atoms in total. The third-order valence-electron chi connectivity index (χ3n) is 3.01. The van der Waals surface area contributed by atoms with E-state index in [1.807, 2.05) is 0 Å². The van der Waals surface area contributed by atoms with Crippen LogP contribution in [0.1, 0.15) is 15.9 Å². The number of aromatic amines is 1. The van der Waals surface area contributed by atoms with Crippen LogP contribution in [-0.2, 0) is 0 Å². The fourth-order valence-corrected chi connectivity index (χ4v) is 2.29. The number of benzene rings is 2. The SMILES string of the molecule is O=C(c1ccccc1Cl)c1c[nH]c2ccc(F)cc12. The third-order valence-corrected chi connectivity index (χ3v) is 3.34. The van der Waals surface area contributed by atoms with Crippen LogP contribution in [0.3, 0.4) is 0 Å². The summed E-state index contributed by atoms with van der Waals surface area (Å²) in [6.07, 6.45) is 1.58. The first-order chi connectivity index (χ1) is 9.16. The Morgan fingerprint density at radius 2 is 1.89 bits per heavy atom. The molecule has 94 valence electrons. The van der Waals surface area contributed by atoms with Crippen LogP contribution in [0.2, 0.25) is 5.02 Å². The van der Waals surface area contributed by atoms with Crippen LogP contribution in [0.25, 0.3) is 10.9 Å². The normalized spacial score (nSPS) is 10.8. The van der Waals surface area contributed by atoms with E-state index in [9.17, 15) is 9.18 Å². The van der Waals surface area contributed by atoms with E-state index in [4.69, 9.17) is 11.6 Å². The molecule has 3 aromatic rings. The van der Waals surface area contributed by atoms with E-state index in [1.165, 1.54) is 12.1 Å². The highest BCUT2D eigenvalue weighted by Crippen LogP contribution is 2.25. The molecule has 0 aliphatic carbocycles. The maximum Gasteiger partial charge on any atom is 0.196 e. The van der Waals surface area contributed by atoms with Crippen molar-refractivity contribution in [2.75, 3.05) is 0 Å². The molecule has 0 unspecified atom stereocenters. The lowest BCUT2D eigenvalue weighted by Crippen LogP contribution is -2.01. The molecular formula is C15H9ClFNO. The minimum Gasteiger partial charge on any atom is -0.360 e. The number of fused-ring (bicyclic) bond motifs is 1. The van der Waals surface area contributed by atoms with E-state index in [0.29, 0.717) is 21.5 Å². The first-order valence-electron chi connectivity index (χ1n) is 5.72. The van der Waals surface area contributed by atoms with Crippen LogP contribution >= 0.6 is 11.6 Å². The van der Waals surface area contributed by atoms with Gasteiger partial charge in [-0.15, -0.1) is 0 Å². The Bertz CT molecular complexity index is 779. The number of hydrogen-bond acceptors (Lipinski definition) is 1. The first-order valence-corrected chi connectivity index (χ1v) is 6.10. The lowest BCUT2D eigenvalue weighted by molar-refractivity contribution is 0.104. The van der Waals surface area contributed by atoms with E-state index in [1.54, 1.807) is 36.5 Å². The van der Waals surface area contributed by atoms with Crippen molar-refractivity contribution >= 4 is 28.3 Å². The van der Waals surface area contributed by atoms with Crippen molar-refractivity contribution in [1.82, 2.24) is 4.98 Å². The van der Waals surface area contributed by atoms with Crippen molar-refractivity contribution in [2.24, 2.45) is 0 Å². The Morgan fingerprint density at radius 1 is 1.11 bits per heavy atom. The Balaban J connectivity index is 2.17. The van der Waals surface area contributed by atoms with E-state index in [0.717, 1.165) is 5.52 Å². The zero-order valence-electron chi connectivity index (χ0n) is 9.78. The Labute approximate surface area is 113 Å². The molecule has 0 bridgehead atoms. The monoisotopic (exact) mass is 273 g/mol. The zero-order valence-corrected chi connectivity index (χ0v) is 10.5. The lowest BCUT2D eigenvalue weighted by atomic mass is 10.0. The van der Waals surface area contributed by atoms with Gasteiger partial charge in [-0.2, -0.15) is 0 Å². The number of halogens is 2. The summed E-state index contributed by atoms with van der Waals surface area (Å²) >= 11 is 6.01. The number of H-pyrrole nitrogens is 1. The number of carbonyl (C=O) groups excluding carboxylic acids is 1. The molecule has 0 aliphatic rings. The highest BCUT2D eigenvalue weighted by atomic mass is 35.5. The molecule has 0 aliphatic heterocycles. The lowest BCUT2D eigenvalue weighted by Gasteiger charge is -2.02. The van der Waals surface area contributed by atoms with Gasteiger partial charge in [-0.05, 0) is 30.3 Å². The van der Waals surface area contributed by atoms with Crippen molar-refractivity contribution in [1.29, 1.82) is 0 Å². The van der Waals surface area contributed by atoms with Gasteiger partial charge in [0.15, 0.2) is 5.78 Å². The van der Waals surface area contributed by atoms with Crippen LogP contribution in [0.5, 0.6) is 0 Å². The second kappa shape index (κ2) is 4.52. The second-order valence-corrected chi connectivity index (χ2v) is 4.61. The highest BCUT2D eigenvalue weighted by Gasteiger charge is 2.16. The smallest absolute Gasteiger partial charge is 0.196 e. The largest absolute Gasteiger partial charge is 0.360 e. The summed E-state index contributed by atoms with van der Waals surface area (Å²) in [5, 5.41) is 0.947. The fraction of sp³-hybridized carbons (Fsp3) is 0. The summed E-state index contributed by atoms with van der Waals surface area (Å²) in [5.74, 6) is -0.595. The standard InChI is InChI=1S/C15H9ClFNO/c16-13-4-2-1-3-10(13)15(19)12-8-18-14-6-5-9(17)7-11(12)14/h1-8,18H.